The van der Waals surface area contributed by atoms with E-state index >= 15 is 0 Å². The van der Waals surface area contributed by atoms with Crippen molar-refractivity contribution >= 4 is 0 Å². The molecule has 3 heteroatoms. The lowest BCUT2D eigenvalue weighted by Gasteiger charge is -2.05. The summed E-state index contributed by atoms with van der Waals surface area (Å²) in [7, 11) is 0. The van der Waals surface area contributed by atoms with Gasteiger partial charge in [0.1, 0.15) is 0 Å². The molecule has 0 aliphatic carbocycles. The van der Waals surface area contributed by atoms with Crippen LogP contribution in [0.2, 0.25) is 0 Å². The molecule has 0 atom stereocenters. The Hall–Kier alpha value is -0.990. The summed E-state index contributed by atoms with van der Waals surface area (Å²) in [5, 5.41) is 0. The number of hydrogen-bond acceptors (Lipinski definition) is 0. The molecule has 0 heterocycles. The molecule has 0 unspecified atom stereocenters. The monoisotopic (exact) mass is 190 g/mol. The number of alkyl halides is 3. The van der Waals surface area contributed by atoms with Gasteiger partial charge in [-0.25, -0.2) is 0 Å². The third kappa shape index (κ3) is 7.37. The van der Waals surface area contributed by atoms with Crippen LogP contribution in [0, 0.1) is 0 Å². The molecule has 13 heavy (non-hydrogen) atoms. The van der Waals surface area contributed by atoms with Gasteiger partial charge in [0.15, 0.2) is 0 Å². The van der Waals surface area contributed by atoms with E-state index < -0.39 is 12.6 Å². The van der Waals surface area contributed by atoms with Gasteiger partial charge in [0.2, 0.25) is 0 Å². The summed E-state index contributed by atoms with van der Waals surface area (Å²) in [5.74, 6) is 0. The SMILES string of the molecule is C=C/C(=C\C=C(C)C)CC(F)(F)F. The first kappa shape index (κ1) is 12.0. The molecule has 0 amide bonds. The summed E-state index contributed by atoms with van der Waals surface area (Å²) in [6.07, 6.45) is -0.763. The zero-order valence-electron chi connectivity index (χ0n) is 7.78. The Balaban J connectivity index is 4.44. The average Bonchev–Trinajstić information content (AvgIpc) is 1.95. The van der Waals surface area contributed by atoms with Crippen molar-refractivity contribution in [3.05, 3.63) is 36.0 Å². The summed E-state index contributed by atoms with van der Waals surface area (Å²) < 4.78 is 35.7. The van der Waals surface area contributed by atoms with Crippen molar-refractivity contribution in [2.75, 3.05) is 0 Å². The van der Waals surface area contributed by atoms with Crippen molar-refractivity contribution in [2.45, 2.75) is 26.4 Å². The maximum absolute atomic E-state index is 11.9. The Bertz CT molecular complexity index is 227. The van der Waals surface area contributed by atoms with Gasteiger partial charge in [0.25, 0.3) is 0 Å². The maximum atomic E-state index is 11.9. The Labute approximate surface area is 76.5 Å². The van der Waals surface area contributed by atoms with E-state index in [0.717, 1.165) is 5.57 Å². The number of hydrogen-bond donors (Lipinski definition) is 0. The fourth-order valence-electron chi connectivity index (χ4n) is 0.704. The van der Waals surface area contributed by atoms with Gasteiger partial charge in [-0.2, -0.15) is 13.2 Å². The van der Waals surface area contributed by atoms with Crippen LogP contribution < -0.4 is 0 Å². The molecule has 0 aliphatic heterocycles. The van der Waals surface area contributed by atoms with Gasteiger partial charge in [0, 0.05) is 0 Å². The second-order valence-electron chi connectivity index (χ2n) is 2.98. The predicted molar refractivity (Wildman–Crippen MR) is 48.4 cm³/mol. The Morgan fingerprint density at radius 1 is 1.23 bits per heavy atom. The summed E-state index contributed by atoms with van der Waals surface area (Å²) in [4.78, 5) is 0. The van der Waals surface area contributed by atoms with Crippen LogP contribution in [0.1, 0.15) is 20.3 Å². The summed E-state index contributed by atoms with van der Waals surface area (Å²) in [5.41, 5.74) is 1.15. The van der Waals surface area contributed by atoms with Crippen LogP contribution in [-0.2, 0) is 0 Å². The summed E-state index contributed by atoms with van der Waals surface area (Å²) >= 11 is 0. The van der Waals surface area contributed by atoms with Gasteiger partial charge >= 0.3 is 6.18 Å². The minimum atomic E-state index is -4.16. The molecule has 0 radical (unpaired) electrons. The molecular formula is C10H13F3. The largest absolute Gasteiger partial charge is 0.393 e. The van der Waals surface area contributed by atoms with E-state index in [0.29, 0.717) is 0 Å². The first-order valence-corrected chi connectivity index (χ1v) is 3.88. The van der Waals surface area contributed by atoms with Crippen molar-refractivity contribution in [3.8, 4) is 0 Å². The van der Waals surface area contributed by atoms with Gasteiger partial charge in [-0.15, -0.1) is 0 Å². The number of allylic oxidation sites excluding steroid dienone is 5. The van der Waals surface area contributed by atoms with Crippen LogP contribution >= 0.6 is 0 Å². The Morgan fingerprint density at radius 3 is 2.08 bits per heavy atom. The molecule has 0 saturated heterocycles. The standard InChI is InChI=1S/C10H13F3/c1-4-9(6-5-8(2)3)7-10(11,12)13/h4-6H,1,7H2,2-3H3/b9-6+. The van der Waals surface area contributed by atoms with Crippen LogP contribution in [0.4, 0.5) is 13.2 Å². The lowest BCUT2D eigenvalue weighted by molar-refractivity contribution is -0.126. The summed E-state index contributed by atoms with van der Waals surface area (Å²) in [6, 6.07) is 0. The highest BCUT2D eigenvalue weighted by atomic mass is 19.4. The smallest absolute Gasteiger partial charge is 0.171 e. The lowest BCUT2D eigenvalue weighted by Crippen LogP contribution is -2.07. The van der Waals surface area contributed by atoms with E-state index in [4.69, 9.17) is 0 Å². The van der Waals surface area contributed by atoms with Crippen LogP contribution in [0.15, 0.2) is 36.0 Å². The first-order valence-electron chi connectivity index (χ1n) is 3.88. The van der Waals surface area contributed by atoms with Crippen molar-refractivity contribution < 1.29 is 13.2 Å². The van der Waals surface area contributed by atoms with E-state index in [9.17, 15) is 13.2 Å². The van der Waals surface area contributed by atoms with E-state index in [2.05, 4.69) is 6.58 Å². The van der Waals surface area contributed by atoms with Crippen LogP contribution in [0.3, 0.4) is 0 Å². The topological polar surface area (TPSA) is 0 Å². The minimum absolute atomic E-state index is 0.189. The van der Waals surface area contributed by atoms with Gasteiger partial charge in [-0.3, -0.25) is 0 Å². The zero-order valence-corrected chi connectivity index (χ0v) is 7.78. The molecule has 0 aromatic rings. The molecule has 0 aromatic carbocycles. The van der Waals surface area contributed by atoms with E-state index in [-0.39, 0.29) is 5.57 Å². The number of rotatable bonds is 3. The molecule has 0 saturated carbocycles. The molecule has 0 N–H and O–H groups in total. The van der Waals surface area contributed by atoms with Crippen LogP contribution in [0.5, 0.6) is 0 Å². The number of halogens is 3. The van der Waals surface area contributed by atoms with Crippen molar-refractivity contribution in [3.63, 3.8) is 0 Å². The fraction of sp³-hybridized carbons (Fsp3) is 0.400. The first-order chi connectivity index (χ1) is 5.85. The molecule has 0 spiro atoms. The molecule has 0 fully saturated rings. The average molecular weight is 190 g/mol. The molecule has 0 aromatic heterocycles. The van der Waals surface area contributed by atoms with Crippen molar-refractivity contribution in [1.29, 1.82) is 0 Å². The Morgan fingerprint density at radius 2 is 1.77 bits per heavy atom. The van der Waals surface area contributed by atoms with Crippen LogP contribution in [0.25, 0.3) is 0 Å². The van der Waals surface area contributed by atoms with Crippen molar-refractivity contribution in [1.82, 2.24) is 0 Å². The quantitative estimate of drug-likeness (QED) is 0.589. The highest BCUT2D eigenvalue weighted by Crippen LogP contribution is 2.24. The molecule has 0 rings (SSSR count). The second-order valence-corrected chi connectivity index (χ2v) is 2.98. The highest BCUT2D eigenvalue weighted by molar-refractivity contribution is 5.24. The molecule has 0 bridgehead atoms. The van der Waals surface area contributed by atoms with E-state index in [1.54, 1.807) is 6.08 Å². The molecule has 0 nitrogen and oxygen atoms in total. The van der Waals surface area contributed by atoms with E-state index in [1.165, 1.54) is 12.2 Å². The third-order valence-electron chi connectivity index (χ3n) is 1.30. The second kappa shape index (κ2) is 4.90. The Kier molecular flexibility index (Phi) is 4.52. The highest BCUT2D eigenvalue weighted by Gasteiger charge is 2.27. The molecular weight excluding hydrogens is 177 g/mol. The van der Waals surface area contributed by atoms with Crippen LogP contribution in [-0.4, -0.2) is 6.18 Å². The molecule has 0 aliphatic rings. The normalized spacial score (nSPS) is 12.5. The molecule has 74 valence electrons. The van der Waals surface area contributed by atoms with Gasteiger partial charge in [-0.05, 0) is 19.4 Å². The lowest BCUT2D eigenvalue weighted by atomic mass is 10.1. The minimum Gasteiger partial charge on any atom is -0.171 e. The summed E-state index contributed by atoms with van der Waals surface area (Å²) in [6.45, 7) is 6.97. The van der Waals surface area contributed by atoms with E-state index in [1.807, 2.05) is 13.8 Å². The van der Waals surface area contributed by atoms with Gasteiger partial charge < -0.3 is 0 Å². The maximum Gasteiger partial charge on any atom is 0.393 e. The predicted octanol–water partition coefficient (Wildman–Crippen LogP) is 4.02. The van der Waals surface area contributed by atoms with Crippen molar-refractivity contribution in [2.24, 2.45) is 0 Å². The third-order valence-corrected chi connectivity index (χ3v) is 1.30. The van der Waals surface area contributed by atoms with Gasteiger partial charge in [0.05, 0.1) is 6.42 Å². The zero-order chi connectivity index (χ0) is 10.5. The van der Waals surface area contributed by atoms with Gasteiger partial charge in [-0.1, -0.05) is 30.4 Å². The fourth-order valence-corrected chi connectivity index (χ4v) is 0.704.